The maximum Gasteiger partial charge on any atom is 0.251 e. The van der Waals surface area contributed by atoms with Gasteiger partial charge in [0, 0.05) is 4.47 Å². The van der Waals surface area contributed by atoms with Gasteiger partial charge in [-0.25, -0.2) is 8.42 Å². The molecule has 18 heavy (non-hydrogen) atoms. The van der Waals surface area contributed by atoms with Crippen LogP contribution in [0, 0.1) is 6.92 Å². The predicted molar refractivity (Wildman–Crippen MR) is 69.8 cm³/mol. The predicted octanol–water partition coefficient (Wildman–Crippen LogP) is 2.24. The Balaban J connectivity index is 2.21. The minimum atomic E-state index is -3.59. The Kier molecular flexibility index (Phi) is 3.85. The van der Waals surface area contributed by atoms with Gasteiger partial charge in [-0.05, 0) is 41.2 Å². The zero-order chi connectivity index (χ0) is 13.3. The van der Waals surface area contributed by atoms with E-state index in [1.807, 2.05) is 0 Å². The summed E-state index contributed by atoms with van der Waals surface area (Å²) in [5, 5.41) is 5.32. The SMILES string of the molecule is Cc1noc(C(C)NS(=O)(=O)c2sccc2Br)n1. The Labute approximate surface area is 117 Å². The van der Waals surface area contributed by atoms with Crippen LogP contribution in [0.3, 0.4) is 0 Å². The molecule has 2 rings (SSSR count). The first-order valence-electron chi connectivity index (χ1n) is 4.95. The molecule has 0 fully saturated rings. The molecule has 0 amide bonds. The van der Waals surface area contributed by atoms with E-state index in [0.29, 0.717) is 10.3 Å². The number of halogens is 1. The highest BCUT2D eigenvalue weighted by atomic mass is 79.9. The summed E-state index contributed by atoms with van der Waals surface area (Å²) in [6.07, 6.45) is 0. The lowest BCUT2D eigenvalue weighted by Crippen LogP contribution is -2.26. The van der Waals surface area contributed by atoms with Gasteiger partial charge in [0.25, 0.3) is 10.0 Å². The molecule has 1 N–H and O–H groups in total. The molecule has 6 nitrogen and oxygen atoms in total. The molecule has 1 unspecified atom stereocenters. The number of hydrogen-bond donors (Lipinski definition) is 1. The van der Waals surface area contributed by atoms with Gasteiger partial charge in [0.15, 0.2) is 5.82 Å². The van der Waals surface area contributed by atoms with Crippen molar-refractivity contribution >= 4 is 37.3 Å². The van der Waals surface area contributed by atoms with E-state index in [-0.39, 0.29) is 10.1 Å². The molecule has 0 bridgehead atoms. The molecule has 2 aromatic heterocycles. The van der Waals surface area contributed by atoms with Crippen molar-refractivity contribution in [3.05, 3.63) is 27.6 Å². The van der Waals surface area contributed by atoms with Crippen molar-refractivity contribution in [1.29, 1.82) is 0 Å². The molecule has 98 valence electrons. The lowest BCUT2D eigenvalue weighted by molar-refractivity contribution is 0.351. The van der Waals surface area contributed by atoms with Crippen molar-refractivity contribution < 1.29 is 12.9 Å². The lowest BCUT2D eigenvalue weighted by Gasteiger charge is -2.09. The smallest absolute Gasteiger partial charge is 0.251 e. The van der Waals surface area contributed by atoms with Crippen LogP contribution in [0.5, 0.6) is 0 Å². The number of nitrogens with one attached hydrogen (secondary N) is 1. The fraction of sp³-hybridized carbons (Fsp3) is 0.333. The Morgan fingerprint density at radius 1 is 1.56 bits per heavy atom. The van der Waals surface area contributed by atoms with Crippen molar-refractivity contribution in [2.45, 2.75) is 24.1 Å². The molecular formula is C9H10BrN3O3S2. The van der Waals surface area contributed by atoms with Crippen LogP contribution in [0.2, 0.25) is 0 Å². The van der Waals surface area contributed by atoms with Crippen LogP contribution in [-0.4, -0.2) is 18.6 Å². The average Bonchev–Trinajstić information content (AvgIpc) is 2.86. The molecule has 0 aliphatic heterocycles. The van der Waals surface area contributed by atoms with E-state index >= 15 is 0 Å². The van der Waals surface area contributed by atoms with E-state index in [4.69, 9.17) is 4.52 Å². The Bertz CT molecular complexity index is 650. The first-order valence-corrected chi connectivity index (χ1v) is 8.11. The lowest BCUT2D eigenvalue weighted by atomic mass is 10.4. The summed E-state index contributed by atoms with van der Waals surface area (Å²) in [4.78, 5) is 3.99. The average molecular weight is 352 g/mol. The van der Waals surface area contributed by atoms with Crippen LogP contribution in [0.15, 0.2) is 24.7 Å². The molecule has 0 aromatic carbocycles. The Morgan fingerprint density at radius 2 is 2.28 bits per heavy atom. The van der Waals surface area contributed by atoms with E-state index in [1.165, 1.54) is 0 Å². The fourth-order valence-electron chi connectivity index (χ4n) is 1.30. The third kappa shape index (κ3) is 2.79. The number of aromatic nitrogens is 2. The highest BCUT2D eigenvalue weighted by Gasteiger charge is 2.24. The minimum absolute atomic E-state index is 0.227. The van der Waals surface area contributed by atoms with E-state index < -0.39 is 16.1 Å². The molecule has 0 aliphatic rings. The highest BCUT2D eigenvalue weighted by molar-refractivity contribution is 9.10. The molecule has 2 heterocycles. The van der Waals surface area contributed by atoms with Gasteiger partial charge in [-0.3, -0.25) is 0 Å². The van der Waals surface area contributed by atoms with Gasteiger partial charge in [-0.2, -0.15) is 9.71 Å². The third-order valence-corrected chi connectivity index (χ3v) is 6.28. The van der Waals surface area contributed by atoms with Gasteiger partial charge in [-0.1, -0.05) is 5.16 Å². The molecule has 9 heteroatoms. The summed E-state index contributed by atoms with van der Waals surface area (Å²) in [6, 6.07) is 1.10. The van der Waals surface area contributed by atoms with E-state index in [1.54, 1.807) is 25.3 Å². The van der Waals surface area contributed by atoms with E-state index in [9.17, 15) is 8.42 Å². The Morgan fingerprint density at radius 3 is 2.78 bits per heavy atom. The molecule has 0 spiro atoms. The number of aryl methyl sites for hydroxylation is 1. The van der Waals surface area contributed by atoms with Gasteiger partial charge >= 0.3 is 0 Å². The van der Waals surface area contributed by atoms with Crippen LogP contribution >= 0.6 is 27.3 Å². The molecule has 0 radical (unpaired) electrons. The van der Waals surface area contributed by atoms with Crippen LogP contribution < -0.4 is 4.72 Å². The summed E-state index contributed by atoms with van der Waals surface area (Å²) >= 11 is 4.33. The van der Waals surface area contributed by atoms with Crippen molar-refractivity contribution in [3.8, 4) is 0 Å². The van der Waals surface area contributed by atoms with Gasteiger partial charge < -0.3 is 4.52 Å². The normalized spacial score (nSPS) is 13.7. The number of nitrogens with zero attached hydrogens (tertiary/aromatic N) is 2. The standard InChI is InChI=1S/C9H10BrN3O3S2/c1-5(8-11-6(2)12-16-8)13-18(14,15)9-7(10)3-4-17-9/h3-5,13H,1-2H3. The maximum atomic E-state index is 12.1. The zero-order valence-electron chi connectivity index (χ0n) is 9.55. The number of rotatable bonds is 4. The second-order valence-corrected chi connectivity index (χ2v) is 7.26. The highest BCUT2D eigenvalue weighted by Crippen LogP contribution is 2.28. The van der Waals surface area contributed by atoms with Gasteiger partial charge in [0.2, 0.25) is 5.89 Å². The summed E-state index contributed by atoms with van der Waals surface area (Å²) in [5.41, 5.74) is 0. The monoisotopic (exact) mass is 351 g/mol. The maximum absolute atomic E-state index is 12.1. The number of hydrogen-bond acceptors (Lipinski definition) is 6. The topological polar surface area (TPSA) is 85.1 Å². The van der Waals surface area contributed by atoms with Crippen LogP contribution in [0.4, 0.5) is 0 Å². The Hall–Kier alpha value is -0.770. The van der Waals surface area contributed by atoms with Crippen LogP contribution in [-0.2, 0) is 10.0 Å². The zero-order valence-corrected chi connectivity index (χ0v) is 12.8. The number of sulfonamides is 1. The molecule has 0 saturated heterocycles. The first-order chi connectivity index (χ1) is 8.40. The molecular weight excluding hydrogens is 342 g/mol. The minimum Gasteiger partial charge on any atom is -0.338 e. The third-order valence-electron chi connectivity index (χ3n) is 2.07. The van der Waals surface area contributed by atoms with Gasteiger partial charge in [0.1, 0.15) is 4.21 Å². The fourth-order valence-corrected chi connectivity index (χ4v) is 4.85. The van der Waals surface area contributed by atoms with Crippen molar-refractivity contribution in [1.82, 2.24) is 14.9 Å². The molecule has 1 atom stereocenters. The van der Waals surface area contributed by atoms with Gasteiger partial charge in [0.05, 0.1) is 6.04 Å². The van der Waals surface area contributed by atoms with Crippen molar-refractivity contribution in [3.63, 3.8) is 0 Å². The first kappa shape index (κ1) is 13.7. The van der Waals surface area contributed by atoms with Crippen LogP contribution in [0.25, 0.3) is 0 Å². The van der Waals surface area contributed by atoms with E-state index in [0.717, 1.165) is 11.3 Å². The summed E-state index contributed by atoms with van der Waals surface area (Å²) < 4.78 is 32.3. The summed E-state index contributed by atoms with van der Waals surface area (Å²) in [5.74, 6) is 0.706. The van der Waals surface area contributed by atoms with Gasteiger partial charge in [-0.15, -0.1) is 11.3 Å². The number of thiophene rings is 1. The second kappa shape index (κ2) is 5.08. The molecule has 2 aromatic rings. The van der Waals surface area contributed by atoms with E-state index in [2.05, 4.69) is 30.8 Å². The van der Waals surface area contributed by atoms with Crippen molar-refractivity contribution in [2.24, 2.45) is 0 Å². The molecule has 0 saturated carbocycles. The largest absolute Gasteiger partial charge is 0.338 e. The second-order valence-electron chi connectivity index (χ2n) is 3.58. The molecule has 0 aliphatic carbocycles. The summed E-state index contributed by atoms with van der Waals surface area (Å²) in [7, 11) is -3.59. The van der Waals surface area contributed by atoms with Crippen molar-refractivity contribution in [2.75, 3.05) is 0 Å². The van der Waals surface area contributed by atoms with Crippen LogP contribution in [0.1, 0.15) is 24.7 Å². The quantitative estimate of drug-likeness (QED) is 0.912. The summed E-state index contributed by atoms with van der Waals surface area (Å²) in [6.45, 7) is 3.32.